The van der Waals surface area contributed by atoms with Crippen LogP contribution in [-0.4, -0.2) is 12.2 Å². The number of hydrogen-bond donors (Lipinski definition) is 0. The number of fused-ring (bicyclic) bond motifs is 1. The molecule has 0 spiro atoms. The number of benzene rings is 1. The van der Waals surface area contributed by atoms with Crippen LogP contribution < -0.4 is 4.57 Å². The van der Waals surface area contributed by atoms with Crippen LogP contribution >= 0.6 is 0 Å². The number of rotatable bonds is 1. The highest BCUT2D eigenvalue weighted by Gasteiger charge is 2.20. The number of halogens is 4. The molecule has 1 aromatic carbocycles. The molecule has 0 saturated carbocycles. The van der Waals surface area contributed by atoms with Crippen LogP contribution in [0.4, 0.5) is 23.0 Å². The summed E-state index contributed by atoms with van der Waals surface area (Å²) in [4.78, 5) is 10.4. The van der Waals surface area contributed by atoms with Crippen molar-refractivity contribution < 1.29 is 26.8 Å². The van der Waals surface area contributed by atoms with Crippen molar-refractivity contribution in [3.63, 3.8) is 0 Å². The summed E-state index contributed by atoms with van der Waals surface area (Å²) in [6.07, 6.45) is 1.87. The minimum absolute atomic E-state index is 0.152. The lowest BCUT2D eigenvalue weighted by atomic mass is 10.2. The molecule has 19 heavy (non-hydrogen) atoms. The van der Waals surface area contributed by atoms with Crippen LogP contribution in [-0.2, 0) is 7.05 Å². The van der Waals surface area contributed by atoms with Gasteiger partial charge in [0.2, 0.25) is 5.52 Å². The fraction of sp³-hybridized carbons (Fsp3) is 0.100. The summed E-state index contributed by atoms with van der Waals surface area (Å²) in [7, 11) is -4.13. The van der Waals surface area contributed by atoms with Gasteiger partial charge >= 0.3 is 7.25 Å². The highest BCUT2D eigenvalue weighted by atomic mass is 19.5. The van der Waals surface area contributed by atoms with Crippen molar-refractivity contribution >= 4 is 23.8 Å². The maximum Gasteiger partial charge on any atom is 0.673 e. The first-order chi connectivity index (χ1) is 8.70. The van der Waals surface area contributed by atoms with Gasteiger partial charge in [-0.2, -0.15) is 0 Å². The molecule has 9 heteroatoms. The van der Waals surface area contributed by atoms with Crippen LogP contribution in [0, 0.1) is 10.1 Å². The van der Waals surface area contributed by atoms with E-state index >= 15 is 0 Å². The molecule has 2 rings (SSSR count). The average Bonchev–Trinajstić information content (AvgIpc) is 2.26. The first-order valence-corrected chi connectivity index (χ1v) is 5.09. The molecule has 0 aliphatic carbocycles. The molecule has 0 N–H and O–H groups in total. The number of nitro benzene ring substituents is 1. The fourth-order valence-corrected chi connectivity index (χ4v) is 1.53. The molecule has 102 valence electrons. The first kappa shape index (κ1) is 14.9. The topological polar surface area (TPSA) is 47.0 Å². The van der Waals surface area contributed by atoms with E-state index in [4.69, 9.17) is 0 Å². The molecule has 0 amide bonds. The number of non-ortho nitro benzene ring substituents is 1. The van der Waals surface area contributed by atoms with E-state index in [0.717, 1.165) is 5.52 Å². The Hall–Kier alpha value is -2.19. The van der Waals surface area contributed by atoms with Crippen molar-refractivity contribution in [1.82, 2.24) is 0 Å². The van der Waals surface area contributed by atoms with Crippen LogP contribution in [0.1, 0.15) is 0 Å². The standard InChI is InChI=1S/C10H9N2O2.BF4/c1-11-7-3-4-8-9(11)5-2-6-10(8)12(13)14;2-1(3,4)5/h2-7H,1H3;/q+1;-1. The zero-order valence-electron chi connectivity index (χ0n) is 9.76. The lowest BCUT2D eigenvalue weighted by Gasteiger charge is -1.96. The summed E-state index contributed by atoms with van der Waals surface area (Å²) in [5, 5.41) is 11.4. The van der Waals surface area contributed by atoms with E-state index in [1.807, 2.05) is 23.9 Å². The summed E-state index contributed by atoms with van der Waals surface area (Å²) < 4.78 is 40.9. The maximum absolute atomic E-state index is 10.7. The molecule has 0 unspecified atom stereocenters. The highest BCUT2D eigenvalue weighted by Crippen LogP contribution is 2.21. The number of aromatic nitrogens is 1. The zero-order valence-corrected chi connectivity index (χ0v) is 9.76. The van der Waals surface area contributed by atoms with Crippen LogP contribution in [0.15, 0.2) is 36.5 Å². The molecule has 0 fully saturated rings. The quantitative estimate of drug-likeness (QED) is 0.264. The van der Waals surface area contributed by atoms with Gasteiger partial charge in [0, 0.05) is 18.2 Å². The summed E-state index contributed by atoms with van der Waals surface area (Å²) in [6, 6.07) is 8.63. The molecule has 0 radical (unpaired) electrons. The van der Waals surface area contributed by atoms with Crippen molar-refractivity contribution in [2.45, 2.75) is 0 Å². The Labute approximate surface area is 105 Å². The summed E-state index contributed by atoms with van der Waals surface area (Å²) in [5.74, 6) is 0. The van der Waals surface area contributed by atoms with Crippen molar-refractivity contribution in [1.29, 1.82) is 0 Å². The van der Waals surface area contributed by atoms with Gasteiger partial charge in [0.05, 0.1) is 4.92 Å². The molecule has 0 atom stereocenters. The normalized spacial score (nSPS) is 10.8. The molecule has 1 heterocycles. The van der Waals surface area contributed by atoms with Crippen LogP contribution in [0.5, 0.6) is 0 Å². The van der Waals surface area contributed by atoms with E-state index in [1.165, 1.54) is 6.07 Å². The fourth-order valence-electron chi connectivity index (χ4n) is 1.53. The maximum atomic E-state index is 10.7. The van der Waals surface area contributed by atoms with Gasteiger partial charge in [-0.05, 0) is 12.1 Å². The third kappa shape index (κ3) is 4.53. The van der Waals surface area contributed by atoms with Gasteiger partial charge in [0.25, 0.3) is 5.69 Å². The van der Waals surface area contributed by atoms with Gasteiger partial charge in [0.1, 0.15) is 12.4 Å². The van der Waals surface area contributed by atoms with Crippen molar-refractivity contribution in [2.75, 3.05) is 0 Å². The summed E-state index contributed by atoms with van der Waals surface area (Å²) in [6.45, 7) is 0. The Morgan fingerprint density at radius 3 is 2.26 bits per heavy atom. The SMILES string of the molecule is C[n+]1cccc2c([N+](=O)[O-])cccc21.F[B-](F)(F)F. The second-order valence-electron chi connectivity index (χ2n) is 3.58. The zero-order chi connectivity index (χ0) is 14.6. The van der Waals surface area contributed by atoms with Gasteiger partial charge in [0.15, 0.2) is 6.20 Å². The molecule has 2 aromatic rings. The lowest BCUT2D eigenvalue weighted by molar-refractivity contribution is -0.645. The van der Waals surface area contributed by atoms with Crippen LogP contribution in [0.2, 0.25) is 0 Å². The number of pyridine rings is 1. The minimum atomic E-state index is -6.00. The summed E-state index contributed by atoms with van der Waals surface area (Å²) in [5.41, 5.74) is 1.01. The third-order valence-electron chi connectivity index (χ3n) is 2.21. The van der Waals surface area contributed by atoms with Gasteiger partial charge in [-0.3, -0.25) is 10.1 Å². The second kappa shape index (κ2) is 5.64. The summed E-state index contributed by atoms with van der Waals surface area (Å²) >= 11 is 0. The highest BCUT2D eigenvalue weighted by molar-refractivity contribution is 6.50. The van der Waals surface area contributed by atoms with E-state index in [-0.39, 0.29) is 10.6 Å². The van der Waals surface area contributed by atoms with E-state index in [2.05, 4.69) is 0 Å². The Balaban J connectivity index is 0.000000312. The van der Waals surface area contributed by atoms with Gasteiger partial charge in [-0.15, -0.1) is 0 Å². The predicted octanol–water partition coefficient (Wildman–Crippen LogP) is 2.87. The smallest absolute Gasteiger partial charge is 0.418 e. The predicted molar refractivity (Wildman–Crippen MR) is 62.0 cm³/mol. The molecule has 0 saturated heterocycles. The number of hydrogen-bond acceptors (Lipinski definition) is 2. The lowest BCUT2D eigenvalue weighted by Crippen LogP contribution is -2.27. The molecule has 0 aliphatic heterocycles. The van der Waals surface area contributed by atoms with E-state index in [1.54, 1.807) is 18.2 Å². The van der Waals surface area contributed by atoms with E-state index in [0.29, 0.717) is 5.39 Å². The average molecular weight is 276 g/mol. The Morgan fingerprint density at radius 1 is 1.16 bits per heavy atom. The largest absolute Gasteiger partial charge is 0.673 e. The molecule has 0 aliphatic rings. The van der Waals surface area contributed by atoms with Crippen LogP contribution in [0.3, 0.4) is 0 Å². The van der Waals surface area contributed by atoms with Crippen molar-refractivity contribution in [3.8, 4) is 0 Å². The van der Waals surface area contributed by atoms with Gasteiger partial charge in [-0.25, -0.2) is 4.57 Å². The van der Waals surface area contributed by atoms with Crippen molar-refractivity contribution in [2.24, 2.45) is 7.05 Å². The molecule has 4 nitrogen and oxygen atoms in total. The first-order valence-electron chi connectivity index (χ1n) is 5.09. The second-order valence-corrected chi connectivity index (χ2v) is 3.58. The van der Waals surface area contributed by atoms with E-state index in [9.17, 15) is 27.4 Å². The molecular formula is C10H9BF4N2O2. The van der Waals surface area contributed by atoms with E-state index < -0.39 is 7.25 Å². The minimum Gasteiger partial charge on any atom is -0.418 e. The monoisotopic (exact) mass is 276 g/mol. The molecule has 0 bridgehead atoms. The van der Waals surface area contributed by atoms with Gasteiger partial charge < -0.3 is 17.3 Å². The molecular weight excluding hydrogens is 267 g/mol. The Morgan fingerprint density at radius 2 is 1.74 bits per heavy atom. The Bertz CT molecular complexity index is 598. The molecule has 1 aromatic heterocycles. The number of nitro groups is 1. The van der Waals surface area contributed by atoms with Crippen molar-refractivity contribution in [3.05, 3.63) is 46.6 Å². The van der Waals surface area contributed by atoms with Crippen LogP contribution in [0.25, 0.3) is 10.9 Å². The number of aryl methyl sites for hydroxylation is 1. The van der Waals surface area contributed by atoms with Gasteiger partial charge in [-0.1, -0.05) is 0 Å². The Kier molecular flexibility index (Phi) is 4.41. The third-order valence-corrected chi connectivity index (χ3v) is 2.21. The number of nitrogens with zero attached hydrogens (tertiary/aromatic N) is 2.